The summed E-state index contributed by atoms with van der Waals surface area (Å²) in [6, 6.07) is 17.1. The number of nitrogens with one attached hydrogen (secondary N) is 1. The summed E-state index contributed by atoms with van der Waals surface area (Å²) in [5.74, 6) is 0.448. The summed E-state index contributed by atoms with van der Waals surface area (Å²) in [4.78, 5) is 13.6. The number of benzene rings is 3. The molecule has 3 aromatic carbocycles. The molecule has 0 fully saturated rings. The van der Waals surface area contributed by atoms with Gasteiger partial charge in [0.05, 0.1) is 30.3 Å². The Balaban J connectivity index is 1.42. The molecule has 9 heteroatoms. The maximum atomic E-state index is 13.7. The van der Waals surface area contributed by atoms with Gasteiger partial charge in [-0.1, -0.05) is 36.7 Å². The zero-order valence-corrected chi connectivity index (χ0v) is 23.0. The van der Waals surface area contributed by atoms with Crippen LogP contribution >= 0.6 is 11.6 Å². The highest BCUT2D eigenvalue weighted by Crippen LogP contribution is 2.39. The first-order valence-corrected chi connectivity index (χ1v) is 14.7. The van der Waals surface area contributed by atoms with Gasteiger partial charge in [0, 0.05) is 5.02 Å². The zero-order chi connectivity index (χ0) is 26.9. The molecule has 1 N–H and O–H groups in total. The topological polar surface area (TPSA) is 84.9 Å². The van der Waals surface area contributed by atoms with E-state index in [0.717, 1.165) is 18.4 Å². The van der Waals surface area contributed by atoms with Crippen LogP contribution in [0.5, 0.6) is 11.5 Å². The lowest BCUT2D eigenvalue weighted by Gasteiger charge is -2.35. The number of ether oxygens (including phenoxy) is 2. The zero-order valence-electron chi connectivity index (χ0n) is 21.4. The summed E-state index contributed by atoms with van der Waals surface area (Å²) in [5.41, 5.74) is 4.07. The fourth-order valence-electron chi connectivity index (χ4n) is 5.12. The van der Waals surface area contributed by atoms with Gasteiger partial charge in [-0.15, -0.1) is 0 Å². The first-order chi connectivity index (χ1) is 18.3. The van der Waals surface area contributed by atoms with E-state index in [1.807, 2.05) is 6.92 Å². The van der Waals surface area contributed by atoms with Crippen molar-refractivity contribution in [1.82, 2.24) is 5.32 Å². The molecule has 2 unspecified atom stereocenters. The molecule has 0 saturated carbocycles. The number of methoxy groups -OCH3 is 1. The van der Waals surface area contributed by atoms with Gasteiger partial charge in [0.2, 0.25) is 0 Å². The number of aryl methyl sites for hydroxylation is 2. The number of fused-ring (bicyclic) bond motifs is 2. The minimum atomic E-state index is -4.02. The van der Waals surface area contributed by atoms with Gasteiger partial charge in [-0.3, -0.25) is 9.10 Å². The molecule has 0 bridgehead atoms. The Bertz CT molecular complexity index is 1440. The smallest absolute Gasteiger partial charge is 0.264 e. The van der Waals surface area contributed by atoms with Gasteiger partial charge in [-0.05, 0) is 91.3 Å². The summed E-state index contributed by atoms with van der Waals surface area (Å²) >= 11 is 6.21. The molecular weight excluding hydrogens is 524 g/mol. The molecular formula is C29H31ClN2O5S. The van der Waals surface area contributed by atoms with Crippen LogP contribution in [0.3, 0.4) is 0 Å². The van der Waals surface area contributed by atoms with Crippen molar-refractivity contribution in [1.29, 1.82) is 0 Å². The van der Waals surface area contributed by atoms with E-state index >= 15 is 0 Å². The van der Waals surface area contributed by atoms with Crippen molar-refractivity contribution in [2.24, 2.45) is 0 Å². The first-order valence-electron chi connectivity index (χ1n) is 12.8. The van der Waals surface area contributed by atoms with Crippen molar-refractivity contribution >= 4 is 33.2 Å². The van der Waals surface area contributed by atoms with Gasteiger partial charge in [0.1, 0.15) is 11.5 Å². The Labute approximate surface area is 228 Å². The summed E-state index contributed by atoms with van der Waals surface area (Å²) in [6.45, 7) is 1.83. The van der Waals surface area contributed by atoms with E-state index in [0.29, 0.717) is 22.9 Å². The van der Waals surface area contributed by atoms with E-state index in [4.69, 9.17) is 21.1 Å². The molecule has 200 valence electrons. The van der Waals surface area contributed by atoms with Crippen molar-refractivity contribution in [2.45, 2.75) is 56.1 Å². The number of amides is 1. The molecule has 3 aromatic rings. The number of carbonyl (C=O) groups excluding carboxylic acids is 1. The molecule has 0 saturated heterocycles. The predicted octanol–water partition coefficient (Wildman–Crippen LogP) is 5.45. The molecule has 0 radical (unpaired) electrons. The average molecular weight is 555 g/mol. The fourth-order valence-corrected chi connectivity index (χ4v) is 6.75. The third-order valence-corrected chi connectivity index (χ3v) is 9.26. The average Bonchev–Trinajstić information content (AvgIpc) is 2.94. The molecule has 2 atom stereocenters. The van der Waals surface area contributed by atoms with E-state index in [9.17, 15) is 13.2 Å². The second-order valence-corrected chi connectivity index (χ2v) is 11.9. The SMILES string of the molecule is CCC(NC(=O)C1CN(S(=O)(=O)c2ccc(OC)cc2)c2cc(Cl)ccc2O1)c1ccc2c(c1)CCCC2. The van der Waals surface area contributed by atoms with Crippen molar-refractivity contribution < 1.29 is 22.7 Å². The van der Waals surface area contributed by atoms with Crippen molar-refractivity contribution in [3.63, 3.8) is 0 Å². The first kappa shape index (κ1) is 26.4. The van der Waals surface area contributed by atoms with E-state index < -0.39 is 16.1 Å². The largest absolute Gasteiger partial charge is 0.497 e. The van der Waals surface area contributed by atoms with Gasteiger partial charge in [0.25, 0.3) is 15.9 Å². The molecule has 1 aliphatic heterocycles. The Hall–Kier alpha value is -3.23. The van der Waals surface area contributed by atoms with Crippen molar-refractivity contribution in [2.75, 3.05) is 18.0 Å². The van der Waals surface area contributed by atoms with Crippen LogP contribution in [-0.4, -0.2) is 34.1 Å². The van der Waals surface area contributed by atoms with E-state index in [2.05, 4.69) is 23.5 Å². The third kappa shape index (κ3) is 5.20. The molecule has 38 heavy (non-hydrogen) atoms. The normalized spacial score (nSPS) is 17.6. The Morgan fingerprint density at radius 1 is 1.08 bits per heavy atom. The number of sulfonamides is 1. The predicted molar refractivity (Wildman–Crippen MR) is 148 cm³/mol. The summed E-state index contributed by atoms with van der Waals surface area (Å²) in [7, 11) is -2.51. The molecule has 1 heterocycles. The van der Waals surface area contributed by atoms with Gasteiger partial charge in [-0.25, -0.2) is 8.42 Å². The fraction of sp³-hybridized carbons (Fsp3) is 0.345. The quantitative estimate of drug-likeness (QED) is 0.420. The van der Waals surface area contributed by atoms with Crippen LogP contribution in [0.15, 0.2) is 65.6 Å². The number of hydrogen-bond acceptors (Lipinski definition) is 5. The Morgan fingerprint density at radius 2 is 1.82 bits per heavy atom. The summed E-state index contributed by atoms with van der Waals surface area (Å²) in [5, 5.41) is 3.47. The molecule has 7 nitrogen and oxygen atoms in total. The maximum absolute atomic E-state index is 13.7. The standard InChI is InChI=1S/C29H31ClN2O5S/c1-3-25(21-9-8-19-6-4-5-7-20(19)16-21)31-29(33)28-18-32(26-17-22(30)10-15-27(26)37-28)38(34,35)24-13-11-23(36-2)12-14-24/h8-17,25,28H,3-7,18H2,1-2H3,(H,31,33). The summed E-state index contributed by atoms with van der Waals surface area (Å²) in [6.07, 6.45) is 4.19. The minimum absolute atomic E-state index is 0.0748. The number of anilines is 1. The molecule has 2 aliphatic rings. The Morgan fingerprint density at radius 3 is 2.53 bits per heavy atom. The second-order valence-electron chi connectivity index (χ2n) is 9.63. The third-order valence-electron chi connectivity index (χ3n) is 7.23. The second kappa shape index (κ2) is 10.9. The van der Waals surface area contributed by atoms with Gasteiger partial charge in [0.15, 0.2) is 6.10 Å². The lowest BCUT2D eigenvalue weighted by atomic mass is 9.88. The highest BCUT2D eigenvalue weighted by Gasteiger charge is 2.38. The summed E-state index contributed by atoms with van der Waals surface area (Å²) < 4.78 is 39.8. The van der Waals surface area contributed by atoms with Crippen LogP contribution in [0, 0.1) is 0 Å². The number of carbonyl (C=O) groups is 1. The van der Waals surface area contributed by atoms with Crippen LogP contribution in [0.2, 0.25) is 5.02 Å². The lowest BCUT2D eigenvalue weighted by molar-refractivity contribution is -0.128. The number of rotatable bonds is 7. The maximum Gasteiger partial charge on any atom is 0.264 e. The van der Waals surface area contributed by atoms with Gasteiger partial charge in [-0.2, -0.15) is 0 Å². The molecule has 0 aromatic heterocycles. The molecule has 5 rings (SSSR count). The highest BCUT2D eigenvalue weighted by atomic mass is 35.5. The van der Waals surface area contributed by atoms with Crippen molar-refractivity contribution in [3.05, 3.63) is 82.4 Å². The molecule has 1 aliphatic carbocycles. The number of hydrogen-bond donors (Lipinski definition) is 1. The van der Waals surface area contributed by atoms with Crippen LogP contribution < -0.4 is 19.1 Å². The van der Waals surface area contributed by atoms with Crippen LogP contribution in [-0.2, 0) is 27.7 Å². The highest BCUT2D eigenvalue weighted by molar-refractivity contribution is 7.92. The van der Waals surface area contributed by atoms with Crippen LogP contribution in [0.25, 0.3) is 0 Å². The monoisotopic (exact) mass is 554 g/mol. The Kier molecular flexibility index (Phi) is 7.54. The minimum Gasteiger partial charge on any atom is -0.497 e. The number of halogens is 1. The molecule has 0 spiro atoms. The van der Waals surface area contributed by atoms with Gasteiger partial charge < -0.3 is 14.8 Å². The van der Waals surface area contributed by atoms with Gasteiger partial charge >= 0.3 is 0 Å². The number of nitrogens with zero attached hydrogens (tertiary/aromatic N) is 1. The van der Waals surface area contributed by atoms with Crippen molar-refractivity contribution in [3.8, 4) is 11.5 Å². The van der Waals surface area contributed by atoms with Crippen LogP contribution in [0.4, 0.5) is 5.69 Å². The molecule has 1 amide bonds. The van der Waals surface area contributed by atoms with E-state index in [-0.39, 0.29) is 29.1 Å². The van der Waals surface area contributed by atoms with Crippen LogP contribution in [0.1, 0.15) is 48.9 Å². The van der Waals surface area contributed by atoms with E-state index in [1.165, 1.54) is 53.6 Å². The van der Waals surface area contributed by atoms with E-state index in [1.54, 1.807) is 24.3 Å². The lowest BCUT2D eigenvalue weighted by Crippen LogP contribution is -2.51.